The van der Waals surface area contributed by atoms with Crippen LogP contribution in [0.3, 0.4) is 0 Å². The summed E-state index contributed by atoms with van der Waals surface area (Å²) in [6.45, 7) is 7.62. The monoisotopic (exact) mass is 545 g/mol. The van der Waals surface area contributed by atoms with Gasteiger partial charge < -0.3 is 9.47 Å². The van der Waals surface area contributed by atoms with Crippen LogP contribution in [0.5, 0.6) is 5.75 Å². The molecule has 39 heavy (non-hydrogen) atoms. The fourth-order valence-electron chi connectivity index (χ4n) is 6.22. The number of rotatable bonds is 6. The standard InChI is InChI=1S/C31H35F4NO3/c1-17(2)24-13-25(27(38-5)14-26(24)32)23-6-7-30(8-9-30)15-21(23)16-36-19(4)28(39-29(36)37)20-10-18(3)11-22(12-20)31(33,34)35/h10-14,17,19,28H,6-9,15-16H2,1-5H3/t19-,28-/m0/s1. The number of halogens is 4. The Morgan fingerprint density at radius 2 is 1.85 bits per heavy atom. The summed E-state index contributed by atoms with van der Waals surface area (Å²) in [7, 11) is 1.53. The van der Waals surface area contributed by atoms with Crippen molar-refractivity contribution in [3.05, 3.63) is 69.5 Å². The Bertz CT molecular complexity index is 1330. The van der Waals surface area contributed by atoms with Gasteiger partial charge in [0.1, 0.15) is 17.7 Å². The SMILES string of the molecule is COc1cc(F)c(C(C)C)cc1C1=C(CN2C(=O)O[C@H](c3cc(C)cc(C(F)(F)F)c3)[C@@H]2C)CC2(CC1)CC2. The van der Waals surface area contributed by atoms with Crippen LogP contribution in [0.25, 0.3) is 5.57 Å². The molecule has 5 rings (SSSR count). The highest BCUT2D eigenvalue weighted by Crippen LogP contribution is 2.59. The molecule has 2 aromatic carbocycles. The molecule has 1 amide bonds. The summed E-state index contributed by atoms with van der Waals surface area (Å²) in [4.78, 5) is 14.7. The number of cyclic esters (lactones) is 1. The quantitative estimate of drug-likeness (QED) is 0.341. The first-order valence-corrected chi connectivity index (χ1v) is 13.6. The average Bonchev–Trinajstić information content (AvgIpc) is 3.55. The second-order valence-corrected chi connectivity index (χ2v) is 11.8. The van der Waals surface area contributed by atoms with Crippen LogP contribution in [0, 0.1) is 18.2 Å². The minimum absolute atomic E-state index is 0.0117. The molecule has 0 N–H and O–H groups in total. The molecule has 2 aromatic rings. The molecule has 8 heteroatoms. The maximum absolute atomic E-state index is 14.8. The van der Waals surface area contributed by atoms with Crippen LogP contribution in [-0.4, -0.2) is 30.7 Å². The Kier molecular flexibility index (Phi) is 6.96. The first kappa shape index (κ1) is 27.5. The van der Waals surface area contributed by atoms with Crippen molar-refractivity contribution in [2.75, 3.05) is 13.7 Å². The van der Waals surface area contributed by atoms with E-state index in [1.54, 1.807) is 17.9 Å². The van der Waals surface area contributed by atoms with Crippen molar-refractivity contribution in [2.24, 2.45) is 5.41 Å². The van der Waals surface area contributed by atoms with E-state index in [1.165, 1.54) is 13.2 Å². The second kappa shape index (κ2) is 9.86. The highest BCUT2D eigenvalue weighted by Gasteiger charge is 2.47. The van der Waals surface area contributed by atoms with E-state index in [0.717, 1.165) is 60.9 Å². The van der Waals surface area contributed by atoms with Crippen LogP contribution in [0.2, 0.25) is 0 Å². The van der Waals surface area contributed by atoms with E-state index >= 15 is 0 Å². The van der Waals surface area contributed by atoms with Crippen LogP contribution in [-0.2, 0) is 10.9 Å². The van der Waals surface area contributed by atoms with Crippen molar-refractivity contribution in [1.29, 1.82) is 0 Å². The summed E-state index contributed by atoms with van der Waals surface area (Å²) in [5.41, 5.74) is 3.88. The Balaban J connectivity index is 1.51. The molecule has 0 unspecified atom stereocenters. The molecule has 0 aromatic heterocycles. The molecule has 1 aliphatic heterocycles. The Morgan fingerprint density at radius 1 is 1.13 bits per heavy atom. The van der Waals surface area contributed by atoms with E-state index in [-0.39, 0.29) is 17.2 Å². The molecular formula is C31H35F4NO3. The summed E-state index contributed by atoms with van der Waals surface area (Å²) in [5, 5.41) is 0. The molecule has 2 aliphatic carbocycles. The van der Waals surface area contributed by atoms with Gasteiger partial charge in [0.2, 0.25) is 0 Å². The van der Waals surface area contributed by atoms with Gasteiger partial charge in [0.25, 0.3) is 0 Å². The van der Waals surface area contributed by atoms with Crippen molar-refractivity contribution >= 4 is 11.7 Å². The lowest BCUT2D eigenvalue weighted by Crippen LogP contribution is -2.35. The Labute approximate surface area is 227 Å². The topological polar surface area (TPSA) is 38.8 Å². The van der Waals surface area contributed by atoms with Crippen LogP contribution in [0.1, 0.15) is 92.7 Å². The number of methoxy groups -OCH3 is 1. The highest BCUT2D eigenvalue weighted by atomic mass is 19.4. The number of aryl methyl sites for hydroxylation is 1. The third kappa shape index (κ3) is 5.27. The van der Waals surface area contributed by atoms with Gasteiger partial charge in [-0.1, -0.05) is 25.5 Å². The van der Waals surface area contributed by atoms with Crippen LogP contribution >= 0.6 is 0 Å². The van der Waals surface area contributed by atoms with E-state index in [0.29, 0.717) is 29.0 Å². The van der Waals surface area contributed by atoms with Crippen molar-refractivity contribution in [2.45, 2.75) is 84.0 Å². The van der Waals surface area contributed by atoms with E-state index in [4.69, 9.17) is 9.47 Å². The minimum atomic E-state index is -4.49. The van der Waals surface area contributed by atoms with Gasteiger partial charge in [0, 0.05) is 18.2 Å². The number of allylic oxidation sites excluding steroid dienone is 1. The lowest BCUT2D eigenvalue weighted by atomic mass is 9.78. The smallest absolute Gasteiger partial charge is 0.416 e. The largest absolute Gasteiger partial charge is 0.496 e. The lowest BCUT2D eigenvalue weighted by Gasteiger charge is -2.32. The first-order chi connectivity index (χ1) is 18.3. The van der Waals surface area contributed by atoms with Crippen molar-refractivity contribution in [3.63, 3.8) is 0 Å². The second-order valence-electron chi connectivity index (χ2n) is 11.8. The van der Waals surface area contributed by atoms with Gasteiger partial charge in [-0.3, -0.25) is 4.90 Å². The molecule has 0 bridgehead atoms. The maximum Gasteiger partial charge on any atom is 0.416 e. The van der Waals surface area contributed by atoms with E-state index in [2.05, 4.69) is 0 Å². The maximum atomic E-state index is 14.8. The zero-order valence-electron chi connectivity index (χ0n) is 23.0. The van der Waals surface area contributed by atoms with Crippen molar-refractivity contribution in [1.82, 2.24) is 4.90 Å². The fourth-order valence-corrected chi connectivity index (χ4v) is 6.22. The third-order valence-electron chi connectivity index (χ3n) is 8.65. The highest BCUT2D eigenvalue weighted by molar-refractivity contribution is 5.77. The molecule has 1 saturated heterocycles. The molecular weight excluding hydrogens is 510 g/mol. The summed E-state index contributed by atoms with van der Waals surface area (Å²) < 4.78 is 66.5. The number of alkyl halides is 3. The van der Waals surface area contributed by atoms with Gasteiger partial charge in [0.15, 0.2) is 0 Å². The number of amides is 1. The lowest BCUT2D eigenvalue weighted by molar-refractivity contribution is -0.137. The number of carbonyl (C=O) groups excluding carboxylic acids is 1. The minimum Gasteiger partial charge on any atom is -0.496 e. The predicted octanol–water partition coefficient (Wildman–Crippen LogP) is 8.58. The van der Waals surface area contributed by atoms with Gasteiger partial charge in [-0.25, -0.2) is 9.18 Å². The van der Waals surface area contributed by atoms with Gasteiger partial charge in [-0.2, -0.15) is 13.2 Å². The molecule has 3 aliphatic rings. The van der Waals surface area contributed by atoms with Crippen molar-refractivity contribution in [3.8, 4) is 5.75 Å². The summed E-state index contributed by atoms with van der Waals surface area (Å²) in [6, 6.07) is 6.67. The van der Waals surface area contributed by atoms with E-state index in [1.807, 2.05) is 26.8 Å². The van der Waals surface area contributed by atoms with Gasteiger partial charge in [-0.15, -0.1) is 0 Å². The van der Waals surface area contributed by atoms with Gasteiger partial charge in [0.05, 0.1) is 18.7 Å². The van der Waals surface area contributed by atoms with Crippen LogP contribution < -0.4 is 4.74 Å². The summed E-state index contributed by atoms with van der Waals surface area (Å²) >= 11 is 0. The number of benzene rings is 2. The molecule has 4 nitrogen and oxygen atoms in total. The van der Waals surface area contributed by atoms with Gasteiger partial charge in [-0.05, 0) is 97.8 Å². The molecule has 1 spiro atoms. The first-order valence-electron chi connectivity index (χ1n) is 13.6. The molecule has 210 valence electrons. The van der Waals surface area contributed by atoms with Crippen molar-refractivity contribution < 1.29 is 31.8 Å². The predicted molar refractivity (Wildman–Crippen MR) is 141 cm³/mol. The van der Waals surface area contributed by atoms with Crippen LogP contribution in [0.4, 0.5) is 22.4 Å². The molecule has 0 radical (unpaired) electrons. The van der Waals surface area contributed by atoms with Crippen LogP contribution in [0.15, 0.2) is 35.9 Å². The molecule has 1 saturated carbocycles. The van der Waals surface area contributed by atoms with Gasteiger partial charge >= 0.3 is 12.3 Å². The number of hydrogen-bond acceptors (Lipinski definition) is 3. The molecule has 1 heterocycles. The number of hydrogen-bond donors (Lipinski definition) is 0. The summed E-state index contributed by atoms with van der Waals surface area (Å²) in [5.74, 6) is 0.144. The number of nitrogens with zero attached hydrogens (tertiary/aromatic N) is 1. The Hall–Kier alpha value is -3.03. The zero-order chi connectivity index (χ0) is 28.3. The third-order valence-corrected chi connectivity index (χ3v) is 8.65. The number of carbonyl (C=O) groups is 1. The summed E-state index contributed by atoms with van der Waals surface area (Å²) in [6.07, 6.45) is -0.939. The number of ether oxygens (including phenoxy) is 2. The average molecular weight is 546 g/mol. The van der Waals surface area contributed by atoms with E-state index < -0.39 is 30.0 Å². The molecule has 2 atom stereocenters. The zero-order valence-corrected chi connectivity index (χ0v) is 23.0. The Morgan fingerprint density at radius 3 is 2.46 bits per heavy atom. The normalized spacial score (nSPS) is 22.6. The van der Waals surface area contributed by atoms with E-state index in [9.17, 15) is 22.4 Å². The molecule has 2 fully saturated rings. The fraction of sp³-hybridized carbons (Fsp3) is 0.516.